The van der Waals surface area contributed by atoms with Gasteiger partial charge < -0.3 is 10.1 Å². The first-order valence-corrected chi connectivity index (χ1v) is 9.77. The number of piperidine rings is 1. The molecule has 0 spiro atoms. The third-order valence-corrected chi connectivity index (χ3v) is 5.25. The smallest absolute Gasteiger partial charge is 0.163 e. The molecule has 0 radical (unpaired) electrons. The first-order chi connectivity index (χ1) is 13.3. The van der Waals surface area contributed by atoms with Crippen molar-refractivity contribution in [1.82, 2.24) is 19.9 Å². The molecule has 2 aliphatic rings. The molecule has 4 rings (SSSR count). The summed E-state index contributed by atoms with van der Waals surface area (Å²) in [5.41, 5.74) is 3.48. The van der Waals surface area contributed by atoms with Gasteiger partial charge in [0.05, 0.1) is 18.9 Å². The standard InChI is InChI=1S/C21H27N5O/c1-22-20-11-19(24-21(25-20)17-6-2-8-23-12-17)18-7-3-9-26(14-18)13-16-5-4-10-27-15-16/h2,5-6,8,11-12,18H,3-4,7,9-10,13-15H2,1H3,(H,22,24,25)/t18-/m1/s1. The van der Waals surface area contributed by atoms with E-state index in [1.54, 1.807) is 6.20 Å². The van der Waals surface area contributed by atoms with Gasteiger partial charge in [0.2, 0.25) is 0 Å². The Kier molecular flexibility index (Phi) is 5.75. The molecule has 142 valence electrons. The van der Waals surface area contributed by atoms with Gasteiger partial charge in [-0.25, -0.2) is 9.97 Å². The molecule has 6 nitrogen and oxygen atoms in total. The van der Waals surface area contributed by atoms with Crippen LogP contribution in [0, 0.1) is 0 Å². The van der Waals surface area contributed by atoms with Gasteiger partial charge in [0.15, 0.2) is 5.82 Å². The lowest BCUT2D eigenvalue weighted by Gasteiger charge is -2.33. The Hall–Kier alpha value is -2.31. The zero-order valence-corrected chi connectivity index (χ0v) is 15.9. The zero-order valence-electron chi connectivity index (χ0n) is 15.9. The summed E-state index contributed by atoms with van der Waals surface area (Å²) >= 11 is 0. The molecule has 0 amide bonds. The van der Waals surface area contributed by atoms with Crippen molar-refractivity contribution >= 4 is 5.82 Å². The molecule has 4 heterocycles. The van der Waals surface area contributed by atoms with Gasteiger partial charge in [0.1, 0.15) is 5.82 Å². The van der Waals surface area contributed by atoms with Crippen LogP contribution in [0.25, 0.3) is 11.4 Å². The molecule has 0 bridgehead atoms. The van der Waals surface area contributed by atoms with Crippen LogP contribution in [0.1, 0.15) is 30.9 Å². The molecule has 0 saturated carbocycles. The Morgan fingerprint density at radius 2 is 2.30 bits per heavy atom. The van der Waals surface area contributed by atoms with Gasteiger partial charge in [-0.15, -0.1) is 0 Å². The van der Waals surface area contributed by atoms with Crippen LogP contribution in [0.5, 0.6) is 0 Å². The summed E-state index contributed by atoms with van der Waals surface area (Å²) in [6, 6.07) is 6.03. The summed E-state index contributed by atoms with van der Waals surface area (Å²) in [4.78, 5) is 16.3. The third-order valence-electron chi connectivity index (χ3n) is 5.25. The van der Waals surface area contributed by atoms with Crippen molar-refractivity contribution in [2.75, 3.05) is 45.2 Å². The predicted octanol–water partition coefficient (Wildman–Crippen LogP) is 3.11. The van der Waals surface area contributed by atoms with Crippen LogP contribution >= 0.6 is 0 Å². The number of nitrogens with zero attached hydrogens (tertiary/aromatic N) is 4. The number of rotatable bonds is 5. The van der Waals surface area contributed by atoms with Crippen LogP contribution in [0.2, 0.25) is 0 Å². The van der Waals surface area contributed by atoms with Gasteiger partial charge >= 0.3 is 0 Å². The first-order valence-electron chi connectivity index (χ1n) is 9.77. The number of hydrogen-bond acceptors (Lipinski definition) is 6. The maximum absolute atomic E-state index is 5.60. The van der Waals surface area contributed by atoms with Gasteiger partial charge in [-0.2, -0.15) is 0 Å². The summed E-state index contributed by atoms with van der Waals surface area (Å²) < 4.78 is 5.60. The van der Waals surface area contributed by atoms with Crippen molar-refractivity contribution in [2.24, 2.45) is 0 Å². The molecule has 2 aromatic heterocycles. The molecule has 1 fully saturated rings. The van der Waals surface area contributed by atoms with E-state index in [-0.39, 0.29) is 0 Å². The van der Waals surface area contributed by atoms with E-state index in [0.29, 0.717) is 5.92 Å². The average molecular weight is 365 g/mol. The van der Waals surface area contributed by atoms with E-state index in [1.807, 2.05) is 25.4 Å². The monoisotopic (exact) mass is 365 g/mol. The minimum absolute atomic E-state index is 0.425. The molecule has 0 aliphatic carbocycles. The van der Waals surface area contributed by atoms with Crippen LogP contribution in [-0.2, 0) is 4.74 Å². The van der Waals surface area contributed by atoms with Crippen molar-refractivity contribution in [2.45, 2.75) is 25.2 Å². The average Bonchev–Trinajstić information content (AvgIpc) is 2.75. The van der Waals surface area contributed by atoms with Crippen molar-refractivity contribution in [3.63, 3.8) is 0 Å². The molecule has 2 aromatic rings. The lowest BCUT2D eigenvalue weighted by molar-refractivity contribution is 0.137. The van der Waals surface area contributed by atoms with E-state index in [4.69, 9.17) is 9.72 Å². The number of aromatic nitrogens is 3. The summed E-state index contributed by atoms with van der Waals surface area (Å²) in [5, 5.41) is 3.18. The molecule has 0 aromatic carbocycles. The summed E-state index contributed by atoms with van der Waals surface area (Å²) in [5.74, 6) is 2.03. The Morgan fingerprint density at radius 1 is 1.33 bits per heavy atom. The van der Waals surface area contributed by atoms with E-state index < -0.39 is 0 Å². The number of likely N-dealkylation sites (tertiary alicyclic amines) is 1. The Balaban J connectivity index is 1.54. The van der Waals surface area contributed by atoms with Crippen molar-refractivity contribution in [1.29, 1.82) is 0 Å². The minimum Gasteiger partial charge on any atom is -0.377 e. The highest BCUT2D eigenvalue weighted by atomic mass is 16.5. The first kappa shape index (κ1) is 18.1. The van der Waals surface area contributed by atoms with Crippen LogP contribution < -0.4 is 5.32 Å². The van der Waals surface area contributed by atoms with Crippen LogP contribution in [0.3, 0.4) is 0 Å². The van der Waals surface area contributed by atoms with Crippen LogP contribution in [0.4, 0.5) is 5.82 Å². The number of hydrogen-bond donors (Lipinski definition) is 1. The van der Waals surface area contributed by atoms with E-state index in [2.05, 4.69) is 32.3 Å². The number of nitrogens with one attached hydrogen (secondary N) is 1. The largest absolute Gasteiger partial charge is 0.377 e. The fourth-order valence-electron chi connectivity index (χ4n) is 3.87. The second-order valence-electron chi connectivity index (χ2n) is 7.27. The Morgan fingerprint density at radius 3 is 3.07 bits per heavy atom. The molecule has 6 heteroatoms. The van der Waals surface area contributed by atoms with Gasteiger partial charge in [-0.05, 0) is 43.5 Å². The van der Waals surface area contributed by atoms with E-state index in [0.717, 1.165) is 62.2 Å². The predicted molar refractivity (Wildman–Crippen MR) is 107 cm³/mol. The summed E-state index contributed by atoms with van der Waals surface area (Å²) in [7, 11) is 1.90. The van der Waals surface area contributed by atoms with E-state index >= 15 is 0 Å². The highest BCUT2D eigenvalue weighted by molar-refractivity contribution is 5.56. The fourth-order valence-corrected chi connectivity index (χ4v) is 3.87. The Labute approximate surface area is 160 Å². The van der Waals surface area contributed by atoms with Crippen LogP contribution in [0.15, 0.2) is 42.2 Å². The summed E-state index contributed by atoms with van der Waals surface area (Å²) in [6.07, 6.45) is 9.34. The van der Waals surface area contributed by atoms with E-state index in [9.17, 15) is 0 Å². The van der Waals surface area contributed by atoms with Crippen molar-refractivity contribution < 1.29 is 4.74 Å². The quantitative estimate of drug-likeness (QED) is 0.822. The third kappa shape index (κ3) is 4.51. The van der Waals surface area contributed by atoms with Gasteiger partial charge in [0, 0.05) is 50.1 Å². The van der Waals surface area contributed by atoms with Gasteiger partial charge in [0.25, 0.3) is 0 Å². The van der Waals surface area contributed by atoms with Crippen molar-refractivity contribution in [3.8, 4) is 11.4 Å². The van der Waals surface area contributed by atoms with Crippen LogP contribution in [-0.4, -0.2) is 59.7 Å². The zero-order chi connectivity index (χ0) is 18.5. The molecule has 0 unspecified atom stereocenters. The minimum atomic E-state index is 0.425. The number of anilines is 1. The molecular weight excluding hydrogens is 338 g/mol. The Bertz CT molecular complexity index is 792. The number of ether oxygens (including phenoxy) is 1. The fraction of sp³-hybridized carbons (Fsp3) is 0.476. The summed E-state index contributed by atoms with van der Waals surface area (Å²) in [6.45, 7) is 4.83. The molecule has 1 N–H and O–H groups in total. The normalized spacial score (nSPS) is 20.9. The van der Waals surface area contributed by atoms with E-state index in [1.165, 1.54) is 18.4 Å². The highest BCUT2D eigenvalue weighted by Gasteiger charge is 2.24. The maximum Gasteiger partial charge on any atom is 0.163 e. The second kappa shape index (κ2) is 8.59. The molecule has 27 heavy (non-hydrogen) atoms. The number of pyridine rings is 1. The SMILES string of the molecule is CNc1cc([C@@H]2CCCN(CC3=CCCOC3)C2)nc(-c2cccnc2)n1. The second-order valence-corrected chi connectivity index (χ2v) is 7.27. The highest BCUT2D eigenvalue weighted by Crippen LogP contribution is 2.29. The molecule has 1 saturated heterocycles. The molecule has 1 atom stereocenters. The lowest BCUT2D eigenvalue weighted by atomic mass is 9.93. The lowest BCUT2D eigenvalue weighted by Crippen LogP contribution is -2.37. The maximum atomic E-state index is 5.60. The topological polar surface area (TPSA) is 63.2 Å². The van der Waals surface area contributed by atoms with Gasteiger partial charge in [-0.1, -0.05) is 6.08 Å². The molecular formula is C21H27N5O. The molecule has 2 aliphatic heterocycles. The van der Waals surface area contributed by atoms with Gasteiger partial charge in [-0.3, -0.25) is 9.88 Å². The van der Waals surface area contributed by atoms with Crippen molar-refractivity contribution in [3.05, 3.63) is 47.9 Å².